The molecule has 4 aromatic rings. The molecule has 1 aromatic heterocycles. The summed E-state index contributed by atoms with van der Waals surface area (Å²) >= 11 is 0. The van der Waals surface area contributed by atoms with Crippen molar-refractivity contribution in [3.63, 3.8) is 0 Å². The highest BCUT2D eigenvalue weighted by atomic mass is 16.7. The fourth-order valence-corrected chi connectivity index (χ4v) is 3.93. The van der Waals surface area contributed by atoms with E-state index in [1.165, 1.54) is 12.1 Å². The quantitative estimate of drug-likeness (QED) is 0.210. The summed E-state index contributed by atoms with van der Waals surface area (Å²) in [4.78, 5) is 24.2. The van der Waals surface area contributed by atoms with Crippen LogP contribution < -0.4 is 9.47 Å². The highest BCUT2D eigenvalue weighted by Gasteiger charge is 2.24. The first-order valence-corrected chi connectivity index (χ1v) is 11.0. The number of carbonyl (C=O) groups is 1. The molecule has 0 amide bonds. The van der Waals surface area contributed by atoms with Gasteiger partial charge in [0.15, 0.2) is 6.79 Å². The van der Waals surface area contributed by atoms with Gasteiger partial charge >= 0.3 is 5.97 Å². The number of hydrogen-bond donors (Lipinski definition) is 0. The van der Waals surface area contributed by atoms with Gasteiger partial charge in [0.25, 0.3) is 5.69 Å². The van der Waals surface area contributed by atoms with Crippen LogP contribution in [0.25, 0.3) is 16.9 Å². The van der Waals surface area contributed by atoms with Gasteiger partial charge in [-0.05, 0) is 24.3 Å². The summed E-state index contributed by atoms with van der Waals surface area (Å²) in [6, 6.07) is 19.3. The fraction of sp³-hybridized carbons (Fsp3) is 0.154. The van der Waals surface area contributed by atoms with Crippen LogP contribution in [-0.2, 0) is 22.7 Å². The molecular weight excluding hydrogens is 466 g/mol. The van der Waals surface area contributed by atoms with Crippen LogP contribution in [0.15, 0.2) is 72.9 Å². The van der Waals surface area contributed by atoms with Gasteiger partial charge in [0.05, 0.1) is 24.3 Å². The molecule has 0 spiro atoms. The number of methoxy groups -OCH3 is 1. The molecule has 182 valence electrons. The molecule has 0 radical (unpaired) electrons. The second-order valence-electron chi connectivity index (χ2n) is 7.94. The van der Waals surface area contributed by atoms with Crippen molar-refractivity contribution in [2.45, 2.75) is 13.2 Å². The number of hydrogen-bond acceptors (Lipinski definition) is 8. The third kappa shape index (κ3) is 4.62. The van der Waals surface area contributed by atoms with Crippen LogP contribution in [0.2, 0.25) is 0 Å². The Morgan fingerprint density at radius 3 is 2.75 bits per heavy atom. The highest BCUT2D eigenvalue weighted by Crippen LogP contribution is 2.34. The first-order valence-electron chi connectivity index (χ1n) is 11.0. The number of nitro groups is 1. The Labute approximate surface area is 205 Å². The molecule has 0 saturated heterocycles. The molecule has 0 saturated carbocycles. The number of aromatic nitrogens is 2. The predicted molar refractivity (Wildman–Crippen MR) is 128 cm³/mol. The van der Waals surface area contributed by atoms with Gasteiger partial charge in [-0.2, -0.15) is 5.10 Å². The molecule has 0 bridgehead atoms. The maximum Gasteiger partial charge on any atom is 0.342 e. The molecule has 3 aromatic carbocycles. The van der Waals surface area contributed by atoms with Gasteiger partial charge in [0.2, 0.25) is 0 Å². The number of non-ortho nitro benzene ring substituents is 1. The standard InChI is InChI=1S/C26H21N3O7/c1-33-22-9-5-6-17(12-22)24-23(13-28(27-24)20-7-3-2-4-8-20)26(30)35-15-19-11-21(29(31)32)10-18-14-34-16-36-25(18)19/h2-13H,14-16H2,1H3. The van der Waals surface area contributed by atoms with Crippen molar-refractivity contribution in [1.29, 1.82) is 0 Å². The number of para-hydroxylation sites is 1. The average Bonchev–Trinajstić information content (AvgIpc) is 3.37. The number of carbonyl (C=O) groups excluding carboxylic acids is 1. The Morgan fingerprint density at radius 2 is 1.97 bits per heavy atom. The molecule has 1 aliphatic rings. The van der Waals surface area contributed by atoms with Crippen molar-refractivity contribution >= 4 is 11.7 Å². The second-order valence-corrected chi connectivity index (χ2v) is 7.94. The van der Waals surface area contributed by atoms with Crippen LogP contribution in [-0.4, -0.2) is 34.6 Å². The molecule has 0 fully saturated rings. The lowest BCUT2D eigenvalue weighted by atomic mass is 10.1. The summed E-state index contributed by atoms with van der Waals surface area (Å²) in [7, 11) is 1.56. The van der Waals surface area contributed by atoms with Gasteiger partial charge in [0, 0.05) is 35.0 Å². The van der Waals surface area contributed by atoms with Gasteiger partial charge in [-0.15, -0.1) is 0 Å². The zero-order chi connectivity index (χ0) is 25.1. The Hall–Kier alpha value is -4.70. The number of fused-ring (bicyclic) bond motifs is 1. The summed E-state index contributed by atoms with van der Waals surface area (Å²) in [5, 5.41) is 16.0. The van der Waals surface area contributed by atoms with E-state index in [0.717, 1.165) is 5.69 Å². The van der Waals surface area contributed by atoms with E-state index in [9.17, 15) is 14.9 Å². The van der Waals surface area contributed by atoms with Crippen molar-refractivity contribution in [2.24, 2.45) is 0 Å². The lowest BCUT2D eigenvalue weighted by Crippen LogP contribution is -2.15. The fourth-order valence-electron chi connectivity index (χ4n) is 3.93. The first kappa shape index (κ1) is 23.1. The number of nitro benzene ring substituents is 1. The van der Waals surface area contributed by atoms with E-state index in [4.69, 9.17) is 18.9 Å². The summed E-state index contributed by atoms with van der Waals surface area (Å²) in [5.41, 5.74) is 2.85. The molecule has 10 heteroatoms. The van der Waals surface area contributed by atoms with Crippen molar-refractivity contribution in [3.05, 3.63) is 99.7 Å². The maximum absolute atomic E-state index is 13.3. The van der Waals surface area contributed by atoms with E-state index in [-0.39, 0.29) is 31.3 Å². The van der Waals surface area contributed by atoms with Crippen molar-refractivity contribution < 1.29 is 28.7 Å². The van der Waals surface area contributed by atoms with Crippen molar-refractivity contribution in [1.82, 2.24) is 9.78 Å². The van der Waals surface area contributed by atoms with Crippen LogP contribution in [0.5, 0.6) is 11.5 Å². The van der Waals surface area contributed by atoms with E-state index in [2.05, 4.69) is 5.10 Å². The van der Waals surface area contributed by atoms with Gasteiger partial charge in [0.1, 0.15) is 29.4 Å². The van der Waals surface area contributed by atoms with Crippen LogP contribution in [0.4, 0.5) is 5.69 Å². The average molecular weight is 487 g/mol. The minimum absolute atomic E-state index is 0.00952. The van der Waals surface area contributed by atoms with E-state index in [1.54, 1.807) is 36.2 Å². The summed E-state index contributed by atoms with van der Waals surface area (Å²) in [5.74, 6) is 0.402. The smallest absolute Gasteiger partial charge is 0.342 e. The van der Waals surface area contributed by atoms with Gasteiger partial charge < -0.3 is 18.9 Å². The highest BCUT2D eigenvalue weighted by molar-refractivity contribution is 5.96. The molecule has 0 N–H and O–H groups in total. The van der Waals surface area contributed by atoms with Gasteiger partial charge in [-0.25, -0.2) is 9.48 Å². The third-order valence-electron chi connectivity index (χ3n) is 5.64. The largest absolute Gasteiger partial charge is 0.497 e. The van der Waals surface area contributed by atoms with Crippen LogP contribution in [0, 0.1) is 10.1 Å². The first-order chi connectivity index (χ1) is 17.5. The predicted octanol–water partition coefficient (Wildman–Crippen LogP) is 4.68. The SMILES string of the molecule is COc1cccc(-c2nn(-c3ccccc3)cc2C(=O)OCc2cc([N+](=O)[O-])cc3c2OCOC3)c1. The van der Waals surface area contributed by atoms with Crippen LogP contribution in [0.1, 0.15) is 21.5 Å². The molecule has 2 heterocycles. The second kappa shape index (κ2) is 9.88. The topological polar surface area (TPSA) is 115 Å². The van der Waals surface area contributed by atoms with Crippen LogP contribution in [0.3, 0.4) is 0 Å². The third-order valence-corrected chi connectivity index (χ3v) is 5.64. The minimum atomic E-state index is -0.637. The molecule has 1 aliphatic heterocycles. The van der Waals surface area contributed by atoms with E-state index in [0.29, 0.717) is 33.9 Å². The zero-order valence-corrected chi connectivity index (χ0v) is 19.2. The van der Waals surface area contributed by atoms with Crippen LogP contribution >= 0.6 is 0 Å². The Morgan fingerprint density at radius 1 is 1.14 bits per heavy atom. The van der Waals surface area contributed by atoms with Gasteiger partial charge in [-0.3, -0.25) is 10.1 Å². The maximum atomic E-state index is 13.3. The van der Waals surface area contributed by atoms with Crippen molar-refractivity contribution in [2.75, 3.05) is 13.9 Å². The molecule has 5 rings (SSSR count). The number of nitrogens with zero attached hydrogens (tertiary/aromatic N) is 3. The normalized spacial score (nSPS) is 12.4. The Kier molecular flexibility index (Phi) is 6.33. The number of rotatable bonds is 7. The number of ether oxygens (including phenoxy) is 4. The summed E-state index contributed by atoms with van der Waals surface area (Å²) in [6.07, 6.45) is 1.60. The molecular formula is C26H21N3O7. The summed E-state index contributed by atoms with van der Waals surface area (Å²) in [6.45, 7) is -0.0473. The molecule has 0 aliphatic carbocycles. The number of esters is 1. The Balaban J connectivity index is 1.49. The lowest BCUT2D eigenvalue weighted by molar-refractivity contribution is -0.385. The van der Waals surface area contributed by atoms with Gasteiger partial charge in [-0.1, -0.05) is 30.3 Å². The van der Waals surface area contributed by atoms with E-state index < -0.39 is 10.9 Å². The van der Waals surface area contributed by atoms with Crippen molar-refractivity contribution in [3.8, 4) is 28.4 Å². The van der Waals surface area contributed by atoms with E-state index in [1.807, 2.05) is 36.4 Å². The molecule has 0 unspecified atom stereocenters. The summed E-state index contributed by atoms with van der Waals surface area (Å²) < 4.78 is 23.3. The lowest BCUT2D eigenvalue weighted by Gasteiger charge is -2.20. The number of benzene rings is 3. The van der Waals surface area contributed by atoms with E-state index >= 15 is 0 Å². The molecule has 0 atom stereocenters. The minimum Gasteiger partial charge on any atom is -0.497 e. The molecule has 10 nitrogen and oxygen atoms in total. The monoisotopic (exact) mass is 487 g/mol. The molecule has 36 heavy (non-hydrogen) atoms. The zero-order valence-electron chi connectivity index (χ0n) is 19.2. The Bertz CT molecular complexity index is 1430.